The van der Waals surface area contributed by atoms with E-state index in [4.69, 9.17) is 9.72 Å². The molecule has 1 aromatic carbocycles. The van der Waals surface area contributed by atoms with Crippen molar-refractivity contribution in [1.82, 2.24) is 25.6 Å². The molecule has 4 aromatic rings. The van der Waals surface area contributed by atoms with Gasteiger partial charge in [-0.25, -0.2) is 4.98 Å². The van der Waals surface area contributed by atoms with Gasteiger partial charge in [0.15, 0.2) is 0 Å². The lowest BCUT2D eigenvalue weighted by Gasteiger charge is -2.24. The van der Waals surface area contributed by atoms with E-state index in [9.17, 15) is 9.59 Å². The molecule has 3 aliphatic rings. The van der Waals surface area contributed by atoms with E-state index in [2.05, 4.69) is 26.7 Å². The van der Waals surface area contributed by atoms with Crippen molar-refractivity contribution >= 4 is 11.8 Å². The Balaban J connectivity index is 1.15. The summed E-state index contributed by atoms with van der Waals surface area (Å²) in [6.45, 7) is 0.367. The molecule has 190 valence electrons. The predicted molar refractivity (Wildman–Crippen MR) is 142 cm³/mol. The summed E-state index contributed by atoms with van der Waals surface area (Å²) in [7, 11) is 1.57. The van der Waals surface area contributed by atoms with Crippen LogP contribution in [0.25, 0.3) is 22.5 Å². The van der Waals surface area contributed by atoms with Gasteiger partial charge in [0.05, 0.1) is 24.1 Å². The number of fused-ring (bicyclic) bond motifs is 5. The zero-order chi connectivity index (χ0) is 25.9. The maximum Gasteiger partial charge on any atom is 0.253 e. The Labute approximate surface area is 219 Å². The van der Waals surface area contributed by atoms with Gasteiger partial charge in [-0.15, -0.1) is 0 Å². The minimum absolute atomic E-state index is 0.0331. The molecule has 1 saturated carbocycles. The average molecular weight is 506 g/mol. The van der Waals surface area contributed by atoms with Crippen LogP contribution in [0.1, 0.15) is 55.9 Å². The van der Waals surface area contributed by atoms with Crippen molar-refractivity contribution in [2.75, 3.05) is 7.11 Å². The van der Waals surface area contributed by atoms with Crippen LogP contribution in [0.15, 0.2) is 54.9 Å². The number of hydrogen-bond acceptors (Lipinski definition) is 5. The molecule has 0 unspecified atom stereocenters. The zero-order valence-electron chi connectivity index (χ0n) is 21.1. The van der Waals surface area contributed by atoms with Crippen molar-refractivity contribution in [3.63, 3.8) is 0 Å². The van der Waals surface area contributed by atoms with Crippen LogP contribution < -0.4 is 15.4 Å². The first-order valence-electron chi connectivity index (χ1n) is 12.9. The number of nitrogens with one attached hydrogen (secondary N) is 3. The Morgan fingerprint density at radius 1 is 1.11 bits per heavy atom. The van der Waals surface area contributed by atoms with Crippen LogP contribution >= 0.6 is 0 Å². The highest BCUT2D eigenvalue weighted by molar-refractivity contribution is 6.01. The summed E-state index contributed by atoms with van der Waals surface area (Å²) >= 11 is 0. The molecule has 0 atom stereocenters. The summed E-state index contributed by atoms with van der Waals surface area (Å²) in [6, 6.07) is 13.2. The molecule has 8 heteroatoms. The highest BCUT2D eigenvalue weighted by atomic mass is 16.5. The fraction of sp³-hybridized carbons (Fsp3) is 0.267. The second kappa shape index (κ2) is 8.55. The Hall–Kier alpha value is -4.46. The van der Waals surface area contributed by atoms with E-state index in [0.29, 0.717) is 18.0 Å². The second-order valence-corrected chi connectivity index (χ2v) is 10.4. The minimum Gasteiger partial charge on any atom is -0.481 e. The van der Waals surface area contributed by atoms with Crippen LogP contribution in [-0.2, 0) is 25.8 Å². The summed E-state index contributed by atoms with van der Waals surface area (Å²) in [5.74, 6) is 0.426. The third-order valence-corrected chi connectivity index (χ3v) is 7.94. The van der Waals surface area contributed by atoms with Crippen molar-refractivity contribution < 1.29 is 14.3 Å². The molecule has 3 aromatic heterocycles. The van der Waals surface area contributed by atoms with E-state index < -0.39 is 0 Å². The molecular weight excluding hydrogens is 478 g/mol. The molecule has 4 heterocycles. The normalized spacial score (nSPS) is 16.2. The number of nitrogens with zero attached hydrogens (tertiary/aromatic N) is 2. The number of rotatable bonds is 5. The molecule has 1 aliphatic heterocycles. The number of aryl methyl sites for hydroxylation is 1. The summed E-state index contributed by atoms with van der Waals surface area (Å²) in [6.07, 6.45) is 8.27. The fourth-order valence-corrected chi connectivity index (χ4v) is 5.69. The number of pyridine rings is 2. The number of benzene rings is 1. The van der Waals surface area contributed by atoms with Crippen molar-refractivity contribution in [3.8, 4) is 28.4 Å². The highest BCUT2D eigenvalue weighted by Gasteiger charge is 2.49. The molecule has 3 N–H and O–H groups in total. The summed E-state index contributed by atoms with van der Waals surface area (Å²) in [5.41, 5.74) is 9.38. The van der Waals surface area contributed by atoms with Crippen LogP contribution in [-0.4, -0.2) is 39.4 Å². The van der Waals surface area contributed by atoms with Crippen LogP contribution in [0, 0.1) is 0 Å². The highest BCUT2D eigenvalue weighted by Crippen LogP contribution is 2.45. The lowest BCUT2D eigenvalue weighted by atomic mass is 9.87. The van der Waals surface area contributed by atoms with Gasteiger partial charge in [-0.1, -0.05) is 18.2 Å². The number of carbonyl (C=O) groups excluding carboxylic acids is 2. The minimum atomic E-state index is -0.167. The first-order valence-corrected chi connectivity index (χ1v) is 12.9. The topological polar surface area (TPSA) is 109 Å². The van der Waals surface area contributed by atoms with E-state index in [1.165, 1.54) is 5.56 Å². The van der Waals surface area contributed by atoms with Gasteiger partial charge >= 0.3 is 0 Å². The zero-order valence-corrected chi connectivity index (χ0v) is 21.1. The predicted octanol–water partition coefficient (Wildman–Crippen LogP) is 3.99. The first-order chi connectivity index (χ1) is 18.5. The van der Waals surface area contributed by atoms with E-state index in [1.54, 1.807) is 25.4 Å². The number of aromatic nitrogens is 3. The van der Waals surface area contributed by atoms with E-state index in [-0.39, 0.29) is 17.4 Å². The molecule has 1 fully saturated rings. The van der Waals surface area contributed by atoms with E-state index >= 15 is 0 Å². The smallest absolute Gasteiger partial charge is 0.253 e. The van der Waals surface area contributed by atoms with Gasteiger partial charge < -0.3 is 20.4 Å². The van der Waals surface area contributed by atoms with Crippen molar-refractivity contribution in [2.45, 2.75) is 44.2 Å². The van der Waals surface area contributed by atoms with Gasteiger partial charge in [-0.2, -0.15) is 0 Å². The third kappa shape index (κ3) is 3.84. The lowest BCUT2D eigenvalue weighted by molar-refractivity contribution is 0.0915. The average Bonchev–Trinajstić information content (AvgIpc) is 3.57. The molecule has 0 bridgehead atoms. The molecule has 8 nitrogen and oxygen atoms in total. The van der Waals surface area contributed by atoms with Crippen molar-refractivity contribution in [1.29, 1.82) is 0 Å². The number of amides is 2. The Morgan fingerprint density at radius 2 is 2.00 bits per heavy atom. The molecule has 2 amide bonds. The quantitative estimate of drug-likeness (QED) is 0.380. The summed E-state index contributed by atoms with van der Waals surface area (Å²) in [4.78, 5) is 38.4. The van der Waals surface area contributed by atoms with Crippen molar-refractivity contribution in [2.24, 2.45) is 0 Å². The van der Waals surface area contributed by atoms with Gasteiger partial charge in [0.2, 0.25) is 5.88 Å². The van der Waals surface area contributed by atoms with Crippen molar-refractivity contribution in [3.05, 3.63) is 88.4 Å². The van der Waals surface area contributed by atoms with Gasteiger partial charge in [-0.05, 0) is 60.6 Å². The number of aromatic amines is 1. The Bertz CT molecular complexity index is 1600. The monoisotopic (exact) mass is 505 g/mol. The molecule has 0 radical (unpaired) electrons. The summed E-state index contributed by atoms with van der Waals surface area (Å²) < 4.78 is 5.09. The van der Waals surface area contributed by atoms with Gasteiger partial charge in [-0.3, -0.25) is 14.6 Å². The Kier molecular flexibility index (Phi) is 5.11. The SMILES string of the molecule is COc1ccc(CNC(=O)c2cccc(-c3cc4c(cn3)CCc3c-4[nH]c4c3C(=O)NC3(CC3)C4)c2)cn1. The first kappa shape index (κ1) is 22.7. The van der Waals surface area contributed by atoms with Crippen LogP contribution in [0.2, 0.25) is 0 Å². The van der Waals surface area contributed by atoms with Crippen LogP contribution in [0.5, 0.6) is 5.88 Å². The van der Waals surface area contributed by atoms with Gasteiger partial charge in [0.1, 0.15) is 0 Å². The molecule has 1 spiro atoms. The molecule has 2 aliphatic carbocycles. The van der Waals surface area contributed by atoms with Crippen LogP contribution in [0.4, 0.5) is 0 Å². The number of H-pyrrole nitrogens is 1. The Morgan fingerprint density at radius 3 is 2.79 bits per heavy atom. The number of hydrogen-bond donors (Lipinski definition) is 3. The molecule has 7 rings (SSSR count). The standard InChI is InChI=1S/C30H27N5O3/c1-38-25-8-5-17(14-32-25)15-33-28(36)19-4-2-3-18(11-19)23-12-22-20(16-31-23)6-7-21-26-24(34-27(21)22)13-30(9-10-30)35-29(26)37/h2-5,8,11-12,14,16,34H,6-7,9-10,13,15H2,1H3,(H,33,36)(H,35,37). The fourth-order valence-electron chi connectivity index (χ4n) is 5.69. The van der Waals surface area contributed by atoms with E-state index in [0.717, 1.165) is 77.0 Å². The van der Waals surface area contributed by atoms with Crippen LogP contribution in [0.3, 0.4) is 0 Å². The number of carbonyl (C=O) groups is 2. The lowest BCUT2D eigenvalue weighted by Crippen LogP contribution is -2.43. The van der Waals surface area contributed by atoms with Gasteiger partial charge in [0, 0.05) is 59.3 Å². The largest absolute Gasteiger partial charge is 0.481 e. The second-order valence-electron chi connectivity index (χ2n) is 10.4. The molecular formula is C30H27N5O3. The number of methoxy groups -OCH3 is 1. The van der Waals surface area contributed by atoms with E-state index in [1.807, 2.05) is 30.5 Å². The maximum absolute atomic E-state index is 13.0. The summed E-state index contributed by atoms with van der Waals surface area (Å²) in [5, 5.41) is 6.20. The molecule has 38 heavy (non-hydrogen) atoms. The van der Waals surface area contributed by atoms with Gasteiger partial charge in [0.25, 0.3) is 11.8 Å². The maximum atomic E-state index is 13.0. The molecule has 0 saturated heterocycles. The third-order valence-electron chi connectivity index (χ3n) is 7.94. The number of ether oxygens (including phenoxy) is 1.